The van der Waals surface area contributed by atoms with Gasteiger partial charge in [-0.1, -0.05) is 31.2 Å². The molecule has 2 heteroatoms. The highest BCUT2D eigenvalue weighted by atomic mass is 35.5. The zero-order valence-electron chi connectivity index (χ0n) is 11.5. The van der Waals surface area contributed by atoms with E-state index in [1.54, 1.807) is 0 Å². The Morgan fingerprint density at radius 3 is 2.22 bits per heavy atom. The average molecular weight is 266 g/mol. The number of benzene rings is 1. The monoisotopic (exact) mass is 265 g/mol. The third-order valence-corrected chi connectivity index (χ3v) is 4.48. The first kappa shape index (κ1) is 13.9. The molecule has 0 aromatic heterocycles. The first-order chi connectivity index (χ1) is 8.69. The van der Waals surface area contributed by atoms with Crippen LogP contribution in [0, 0.1) is 5.92 Å². The number of aryl methyl sites for hydroxylation is 1. The van der Waals surface area contributed by atoms with E-state index in [0.717, 1.165) is 13.0 Å². The Morgan fingerprint density at radius 2 is 1.72 bits per heavy atom. The Hall–Kier alpha value is -0.530. The van der Waals surface area contributed by atoms with Crippen LogP contribution in [-0.2, 0) is 13.0 Å². The lowest BCUT2D eigenvalue weighted by molar-refractivity contribution is 0.176. The standard InChI is InChI=1S/C16H24ClN/c1-3-14-4-6-15(7-5-14)12-18-10-8-16(9-11-18)13(2)17/h4-7,13,16H,3,8-12H2,1-2H3. The van der Waals surface area contributed by atoms with Crippen LogP contribution < -0.4 is 0 Å². The predicted octanol–water partition coefficient (Wildman–Crippen LogP) is 4.09. The SMILES string of the molecule is CCc1ccc(CN2CCC(C(C)Cl)CC2)cc1. The minimum atomic E-state index is 0.330. The zero-order valence-corrected chi connectivity index (χ0v) is 12.3. The minimum Gasteiger partial charge on any atom is -0.299 e. The van der Waals surface area contributed by atoms with Crippen LogP contribution in [0.25, 0.3) is 0 Å². The molecule has 0 radical (unpaired) electrons. The maximum atomic E-state index is 6.18. The molecule has 0 aliphatic carbocycles. The lowest BCUT2D eigenvalue weighted by atomic mass is 9.94. The second-order valence-corrected chi connectivity index (χ2v) is 6.15. The molecule has 0 spiro atoms. The molecule has 0 N–H and O–H groups in total. The Labute approximate surface area is 116 Å². The molecule has 1 fully saturated rings. The summed E-state index contributed by atoms with van der Waals surface area (Å²) >= 11 is 6.18. The molecule has 100 valence electrons. The maximum absolute atomic E-state index is 6.18. The molecule has 1 heterocycles. The molecule has 1 atom stereocenters. The summed E-state index contributed by atoms with van der Waals surface area (Å²) in [7, 11) is 0. The van der Waals surface area contributed by atoms with Gasteiger partial charge in [-0.3, -0.25) is 4.90 Å². The summed E-state index contributed by atoms with van der Waals surface area (Å²) in [5.41, 5.74) is 2.86. The molecule has 1 saturated heterocycles. The number of hydrogen-bond donors (Lipinski definition) is 0. The van der Waals surface area contributed by atoms with Gasteiger partial charge in [-0.15, -0.1) is 11.6 Å². The molecule has 0 saturated carbocycles. The van der Waals surface area contributed by atoms with Crippen molar-refractivity contribution in [3.05, 3.63) is 35.4 Å². The highest BCUT2D eigenvalue weighted by Gasteiger charge is 2.22. The molecule has 1 aromatic rings. The van der Waals surface area contributed by atoms with Crippen molar-refractivity contribution in [2.45, 2.75) is 45.0 Å². The molecule has 18 heavy (non-hydrogen) atoms. The third-order valence-electron chi connectivity index (χ3n) is 4.12. The van der Waals surface area contributed by atoms with Gasteiger partial charge >= 0.3 is 0 Å². The molecule has 2 rings (SSSR count). The van der Waals surface area contributed by atoms with E-state index < -0.39 is 0 Å². The fourth-order valence-electron chi connectivity index (χ4n) is 2.71. The fraction of sp³-hybridized carbons (Fsp3) is 0.625. The van der Waals surface area contributed by atoms with Gasteiger partial charge in [0.2, 0.25) is 0 Å². The van der Waals surface area contributed by atoms with Crippen molar-refractivity contribution < 1.29 is 0 Å². The topological polar surface area (TPSA) is 3.24 Å². The van der Waals surface area contributed by atoms with Gasteiger partial charge in [0, 0.05) is 11.9 Å². The number of hydrogen-bond acceptors (Lipinski definition) is 1. The van der Waals surface area contributed by atoms with E-state index in [1.165, 1.54) is 37.1 Å². The van der Waals surface area contributed by atoms with Gasteiger partial charge in [-0.25, -0.2) is 0 Å². The second kappa shape index (κ2) is 6.58. The number of rotatable bonds is 4. The Morgan fingerprint density at radius 1 is 1.17 bits per heavy atom. The molecular weight excluding hydrogens is 242 g/mol. The molecule has 1 aliphatic rings. The maximum Gasteiger partial charge on any atom is 0.0337 e. The van der Waals surface area contributed by atoms with Crippen LogP contribution in [0.1, 0.15) is 37.8 Å². The smallest absolute Gasteiger partial charge is 0.0337 e. The molecule has 1 nitrogen and oxygen atoms in total. The van der Waals surface area contributed by atoms with Crippen molar-refractivity contribution in [1.82, 2.24) is 4.90 Å². The van der Waals surface area contributed by atoms with E-state index in [0.29, 0.717) is 11.3 Å². The van der Waals surface area contributed by atoms with Crippen LogP contribution in [0.2, 0.25) is 0 Å². The summed E-state index contributed by atoms with van der Waals surface area (Å²) in [6.07, 6.45) is 3.62. The van der Waals surface area contributed by atoms with E-state index in [4.69, 9.17) is 11.6 Å². The van der Waals surface area contributed by atoms with Crippen molar-refractivity contribution in [2.24, 2.45) is 5.92 Å². The van der Waals surface area contributed by atoms with E-state index >= 15 is 0 Å². The number of halogens is 1. The van der Waals surface area contributed by atoms with E-state index in [9.17, 15) is 0 Å². The van der Waals surface area contributed by atoms with Gasteiger partial charge in [-0.05, 0) is 56.3 Å². The van der Waals surface area contributed by atoms with Gasteiger partial charge in [0.15, 0.2) is 0 Å². The Bertz CT molecular complexity index is 350. The van der Waals surface area contributed by atoms with Gasteiger partial charge in [-0.2, -0.15) is 0 Å². The van der Waals surface area contributed by atoms with Crippen LogP contribution in [0.4, 0.5) is 0 Å². The van der Waals surface area contributed by atoms with E-state index in [1.807, 2.05) is 0 Å². The highest BCUT2D eigenvalue weighted by molar-refractivity contribution is 6.20. The number of likely N-dealkylation sites (tertiary alicyclic amines) is 1. The van der Waals surface area contributed by atoms with Crippen LogP contribution in [0.3, 0.4) is 0 Å². The van der Waals surface area contributed by atoms with Gasteiger partial charge < -0.3 is 0 Å². The van der Waals surface area contributed by atoms with Crippen molar-refractivity contribution in [2.75, 3.05) is 13.1 Å². The van der Waals surface area contributed by atoms with Crippen LogP contribution in [0.15, 0.2) is 24.3 Å². The molecule has 0 bridgehead atoms. The lowest BCUT2D eigenvalue weighted by Crippen LogP contribution is -2.35. The predicted molar refractivity (Wildman–Crippen MR) is 79.1 cm³/mol. The molecular formula is C16H24ClN. The molecule has 1 aliphatic heterocycles. The zero-order chi connectivity index (χ0) is 13.0. The highest BCUT2D eigenvalue weighted by Crippen LogP contribution is 2.24. The molecule has 1 unspecified atom stereocenters. The van der Waals surface area contributed by atoms with Gasteiger partial charge in [0.25, 0.3) is 0 Å². The Kier molecular flexibility index (Phi) is 5.08. The molecule has 1 aromatic carbocycles. The minimum absolute atomic E-state index is 0.330. The van der Waals surface area contributed by atoms with Crippen molar-refractivity contribution >= 4 is 11.6 Å². The third kappa shape index (κ3) is 3.73. The number of nitrogens with zero attached hydrogens (tertiary/aromatic N) is 1. The van der Waals surface area contributed by atoms with Crippen molar-refractivity contribution in [3.63, 3.8) is 0 Å². The van der Waals surface area contributed by atoms with Crippen LogP contribution in [0.5, 0.6) is 0 Å². The number of piperidine rings is 1. The van der Waals surface area contributed by atoms with Crippen molar-refractivity contribution in [3.8, 4) is 0 Å². The van der Waals surface area contributed by atoms with E-state index in [2.05, 4.69) is 43.0 Å². The summed E-state index contributed by atoms with van der Waals surface area (Å²) in [5.74, 6) is 0.713. The fourth-order valence-corrected chi connectivity index (χ4v) is 2.96. The lowest BCUT2D eigenvalue weighted by Gasteiger charge is -2.33. The largest absolute Gasteiger partial charge is 0.299 e. The average Bonchev–Trinajstić information content (AvgIpc) is 2.40. The first-order valence-electron chi connectivity index (χ1n) is 7.13. The van der Waals surface area contributed by atoms with Gasteiger partial charge in [0.1, 0.15) is 0 Å². The summed E-state index contributed by atoms with van der Waals surface area (Å²) in [6.45, 7) is 7.81. The quantitative estimate of drug-likeness (QED) is 0.742. The van der Waals surface area contributed by atoms with E-state index in [-0.39, 0.29) is 0 Å². The summed E-state index contributed by atoms with van der Waals surface area (Å²) in [6, 6.07) is 9.05. The van der Waals surface area contributed by atoms with Crippen LogP contribution >= 0.6 is 11.6 Å². The molecule has 0 amide bonds. The van der Waals surface area contributed by atoms with Crippen molar-refractivity contribution in [1.29, 1.82) is 0 Å². The number of alkyl halides is 1. The van der Waals surface area contributed by atoms with Gasteiger partial charge in [0.05, 0.1) is 0 Å². The first-order valence-corrected chi connectivity index (χ1v) is 7.57. The summed E-state index contributed by atoms with van der Waals surface area (Å²) in [5, 5.41) is 0.330. The normalized spacial score (nSPS) is 19.9. The van der Waals surface area contributed by atoms with Crippen LogP contribution in [-0.4, -0.2) is 23.4 Å². The second-order valence-electron chi connectivity index (χ2n) is 5.46. The Balaban J connectivity index is 1.83. The summed E-state index contributed by atoms with van der Waals surface area (Å²) in [4.78, 5) is 2.55. The summed E-state index contributed by atoms with van der Waals surface area (Å²) < 4.78 is 0.